The number of carbonyl (C=O) groups is 2. The van der Waals surface area contributed by atoms with Crippen LogP contribution in [0.4, 0.5) is 0 Å². The molecule has 0 spiro atoms. The van der Waals surface area contributed by atoms with E-state index in [1.807, 2.05) is 0 Å². The van der Waals surface area contributed by atoms with Crippen LogP contribution in [0.15, 0.2) is 0 Å². The van der Waals surface area contributed by atoms with Gasteiger partial charge in [-0.2, -0.15) is 0 Å². The van der Waals surface area contributed by atoms with E-state index in [0.717, 1.165) is 38.5 Å². The Kier molecular flexibility index (Phi) is 5.02. The topological polar surface area (TPSA) is 69.6 Å². The number of aliphatic hydroxyl groups is 1. The zero-order valence-electron chi connectivity index (χ0n) is 12.4. The Labute approximate surface area is 120 Å². The third kappa shape index (κ3) is 3.95. The van der Waals surface area contributed by atoms with Crippen LogP contribution in [0.1, 0.15) is 51.9 Å². The van der Waals surface area contributed by atoms with Crippen LogP contribution in [0.2, 0.25) is 0 Å². The van der Waals surface area contributed by atoms with E-state index in [2.05, 4.69) is 5.32 Å². The van der Waals surface area contributed by atoms with E-state index in [0.29, 0.717) is 19.6 Å². The van der Waals surface area contributed by atoms with E-state index < -0.39 is 5.60 Å². The van der Waals surface area contributed by atoms with Crippen molar-refractivity contribution in [2.45, 2.75) is 57.5 Å². The van der Waals surface area contributed by atoms with Gasteiger partial charge in [0.25, 0.3) is 0 Å². The first-order valence-corrected chi connectivity index (χ1v) is 7.76. The average Bonchev–Trinajstić information content (AvgIpc) is 2.46. The molecule has 2 amide bonds. The van der Waals surface area contributed by atoms with Crippen molar-refractivity contribution in [1.29, 1.82) is 0 Å². The van der Waals surface area contributed by atoms with Crippen LogP contribution in [0, 0.1) is 5.92 Å². The summed E-state index contributed by atoms with van der Waals surface area (Å²) in [5.41, 5.74) is -0.700. The summed E-state index contributed by atoms with van der Waals surface area (Å²) < 4.78 is 0. The normalized spacial score (nSPS) is 23.4. The summed E-state index contributed by atoms with van der Waals surface area (Å²) in [6, 6.07) is 0. The predicted molar refractivity (Wildman–Crippen MR) is 76.0 cm³/mol. The van der Waals surface area contributed by atoms with Crippen LogP contribution >= 0.6 is 0 Å². The highest BCUT2D eigenvalue weighted by Crippen LogP contribution is 2.27. The van der Waals surface area contributed by atoms with E-state index in [-0.39, 0.29) is 17.7 Å². The number of likely N-dealkylation sites (tertiary alicyclic amines) is 1. The zero-order valence-corrected chi connectivity index (χ0v) is 12.4. The molecule has 0 radical (unpaired) electrons. The third-order valence-corrected chi connectivity index (χ3v) is 4.69. The molecule has 2 fully saturated rings. The van der Waals surface area contributed by atoms with Gasteiger partial charge < -0.3 is 15.3 Å². The molecular weight excluding hydrogens is 256 g/mol. The number of carbonyl (C=O) groups excluding carboxylic acids is 2. The molecule has 0 aromatic rings. The van der Waals surface area contributed by atoms with Crippen molar-refractivity contribution < 1.29 is 14.7 Å². The highest BCUT2D eigenvalue weighted by molar-refractivity contribution is 5.79. The molecule has 20 heavy (non-hydrogen) atoms. The quantitative estimate of drug-likeness (QED) is 0.813. The van der Waals surface area contributed by atoms with Crippen molar-refractivity contribution in [2.75, 3.05) is 19.6 Å². The lowest BCUT2D eigenvalue weighted by molar-refractivity contribution is -0.134. The number of nitrogens with zero attached hydrogens (tertiary/aromatic N) is 1. The lowest BCUT2D eigenvalue weighted by Gasteiger charge is -2.34. The number of hydrogen-bond donors (Lipinski definition) is 2. The van der Waals surface area contributed by atoms with E-state index in [1.165, 1.54) is 6.42 Å². The maximum absolute atomic E-state index is 12.1. The predicted octanol–water partition coefficient (Wildman–Crippen LogP) is 1.06. The first-order chi connectivity index (χ1) is 9.50. The molecule has 0 bridgehead atoms. The smallest absolute Gasteiger partial charge is 0.223 e. The van der Waals surface area contributed by atoms with Gasteiger partial charge in [0.05, 0.1) is 5.60 Å². The van der Waals surface area contributed by atoms with E-state index in [9.17, 15) is 14.7 Å². The molecule has 2 aliphatic rings. The van der Waals surface area contributed by atoms with Crippen LogP contribution in [0.5, 0.6) is 0 Å². The molecule has 2 N–H and O–H groups in total. The summed E-state index contributed by atoms with van der Waals surface area (Å²) in [6.07, 6.45) is 6.30. The van der Waals surface area contributed by atoms with Gasteiger partial charge in [0.1, 0.15) is 0 Å². The maximum atomic E-state index is 12.1. The number of rotatable bonds is 3. The summed E-state index contributed by atoms with van der Waals surface area (Å²) in [6.45, 7) is 3.27. The largest absolute Gasteiger partial charge is 0.388 e. The first-order valence-electron chi connectivity index (χ1n) is 7.76. The molecule has 0 atom stereocenters. The Morgan fingerprint density at radius 1 is 1.20 bits per heavy atom. The second-order valence-electron chi connectivity index (χ2n) is 6.28. The van der Waals surface area contributed by atoms with Crippen molar-refractivity contribution in [3.63, 3.8) is 0 Å². The maximum Gasteiger partial charge on any atom is 0.223 e. The van der Waals surface area contributed by atoms with Crippen LogP contribution in [0.25, 0.3) is 0 Å². The Balaban J connectivity index is 1.74. The van der Waals surface area contributed by atoms with Gasteiger partial charge in [0.15, 0.2) is 0 Å². The summed E-state index contributed by atoms with van der Waals surface area (Å²) >= 11 is 0. The number of amides is 2. The van der Waals surface area contributed by atoms with Crippen molar-refractivity contribution in [1.82, 2.24) is 10.2 Å². The van der Waals surface area contributed by atoms with Gasteiger partial charge in [-0.25, -0.2) is 0 Å². The Hall–Kier alpha value is -1.10. The lowest BCUT2D eigenvalue weighted by Crippen LogP contribution is -2.48. The molecule has 5 nitrogen and oxygen atoms in total. The number of nitrogens with one attached hydrogen (secondary N) is 1. The highest BCUT2D eigenvalue weighted by atomic mass is 16.3. The minimum atomic E-state index is -0.700. The fourth-order valence-corrected chi connectivity index (χ4v) is 3.24. The van der Waals surface area contributed by atoms with Gasteiger partial charge in [0.2, 0.25) is 11.8 Å². The second-order valence-corrected chi connectivity index (χ2v) is 6.28. The van der Waals surface area contributed by atoms with Crippen LogP contribution in [-0.4, -0.2) is 47.1 Å². The zero-order chi connectivity index (χ0) is 14.6. The van der Waals surface area contributed by atoms with Crippen molar-refractivity contribution >= 4 is 11.8 Å². The van der Waals surface area contributed by atoms with Gasteiger partial charge in [-0.05, 0) is 25.7 Å². The van der Waals surface area contributed by atoms with E-state index in [4.69, 9.17) is 0 Å². The second kappa shape index (κ2) is 6.57. The molecule has 114 valence electrons. The van der Waals surface area contributed by atoms with Gasteiger partial charge in [-0.3, -0.25) is 9.59 Å². The van der Waals surface area contributed by atoms with Crippen LogP contribution in [-0.2, 0) is 9.59 Å². The standard InChI is InChI=1S/C15H26N2O3/c1-12(18)17-9-5-13(6-10-17)14(19)16-11-15(20)7-3-2-4-8-15/h13,20H,2-11H2,1H3,(H,16,19). The van der Waals surface area contributed by atoms with E-state index in [1.54, 1.807) is 11.8 Å². The van der Waals surface area contributed by atoms with Crippen LogP contribution < -0.4 is 5.32 Å². The third-order valence-electron chi connectivity index (χ3n) is 4.69. The molecule has 1 aliphatic heterocycles. The summed E-state index contributed by atoms with van der Waals surface area (Å²) in [5.74, 6) is 0.102. The fraction of sp³-hybridized carbons (Fsp3) is 0.867. The molecule has 0 aromatic carbocycles. The minimum Gasteiger partial charge on any atom is -0.388 e. The number of hydrogen-bond acceptors (Lipinski definition) is 3. The van der Waals surface area contributed by atoms with Gasteiger partial charge in [-0.1, -0.05) is 19.3 Å². The molecule has 5 heteroatoms. The Morgan fingerprint density at radius 3 is 2.35 bits per heavy atom. The highest BCUT2D eigenvalue weighted by Gasteiger charge is 2.31. The molecule has 0 unspecified atom stereocenters. The minimum absolute atomic E-state index is 0.0159. The Morgan fingerprint density at radius 2 is 1.80 bits per heavy atom. The SMILES string of the molecule is CC(=O)N1CCC(C(=O)NCC2(O)CCCCC2)CC1. The van der Waals surface area contributed by atoms with E-state index >= 15 is 0 Å². The van der Waals surface area contributed by atoms with Gasteiger partial charge >= 0.3 is 0 Å². The van der Waals surface area contributed by atoms with Crippen molar-refractivity contribution in [3.8, 4) is 0 Å². The summed E-state index contributed by atoms with van der Waals surface area (Å²) in [5, 5.41) is 13.3. The first kappa shape index (κ1) is 15.3. The Bertz CT molecular complexity index is 356. The summed E-state index contributed by atoms with van der Waals surface area (Å²) in [7, 11) is 0. The lowest BCUT2D eigenvalue weighted by atomic mass is 9.84. The molecular formula is C15H26N2O3. The molecule has 0 aromatic heterocycles. The van der Waals surface area contributed by atoms with Crippen molar-refractivity contribution in [2.24, 2.45) is 5.92 Å². The van der Waals surface area contributed by atoms with Crippen molar-refractivity contribution in [3.05, 3.63) is 0 Å². The molecule has 1 saturated carbocycles. The monoisotopic (exact) mass is 282 g/mol. The molecule has 2 rings (SSSR count). The average molecular weight is 282 g/mol. The van der Waals surface area contributed by atoms with Crippen LogP contribution in [0.3, 0.4) is 0 Å². The number of piperidine rings is 1. The molecule has 1 aliphatic carbocycles. The fourth-order valence-electron chi connectivity index (χ4n) is 3.24. The summed E-state index contributed by atoms with van der Waals surface area (Å²) in [4.78, 5) is 25.2. The van der Waals surface area contributed by atoms with Gasteiger partial charge in [0, 0.05) is 32.5 Å². The van der Waals surface area contributed by atoms with Gasteiger partial charge in [-0.15, -0.1) is 0 Å². The molecule has 1 saturated heterocycles. The molecule has 1 heterocycles.